The molecule has 0 aliphatic carbocycles. The van der Waals surface area contributed by atoms with Crippen molar-refractivity contribution in [2.45, 2.75) is 12.3 Å². The van der Waals surface area contributed by atoms with Crippen molar-refractivity contribution in [3.05, 3.63) is 53.6 Å². The molecule has 2 rings (SSSR count). The van der Waals surface area contributed by atoms with Crippen LogP contribution in [0.4, 0.5) is 0 Å². The minimum absolute atomic E-state index is 0.314. The molecule has 4 heteroatoms. The Morgan fingerprint density at radius 3 is 2.19 bits per heavy atom. The van der Waals surface area contributed by atoms with Gasteiger partial charge in [-0.1, -0.05) is 12.1 Å². The quantitative estimate of drug-likeness (QED) is 0.739. The molecule has 0 spiro atoms. The van der Waals surface area contributed by atoms with Crippen molar-refractivity contribution in [3.63, 3.8) is 0 Å². The smallest absolute Gasteiger partial charge is 0.124 e. The molecule has 0 aliphatic rings. The first-order chi connectivity index (χ1) is 10.2. The van der Waals surface area contributed by atoms with Crippen molar-refractivity contribution in [1.82, 2.24) is 0 Å². The third-order valence-electron chi connectivity index (χ3n) is 3.19. The number of hydrogen-bond donors (Lipinski definition) is 0. The maximum atomic E-state index is 6.60. The molecule has 0 aromatic heterocycles. The van der Waals surface area contributed by atoms with Crippen LogP contribution in [0.15, 0.2) is 42.5 Å². The van der Waals surface area contributed by atoms with Crippen molar-refractivity contribution in [2.75, 3.05) is 20.8 Å². The summed E-state index contributed by atoms with van der Waals surface area (Å²) in [6.07, 6.45) is 0. The van der Waals surface area contributed by atoms with Gasteiger partial charge >= 0.3 is 0 Å². The highest BCUT2D eigenvalue weighted by atomic mass is 35.5. The van der Waals surface area contributed by atoms with E-state index in [2.05, 4.69) is 0 Å². The maximum Gasteiger partial charge on any atom is 0.124 e. The second-order valence-electron chi connectivity index (χ2n) is 4.47. The average molecular weight is 307 g/mol. The highest BCUT2D eigenvalue weighted by Gasteiger charge is 2.17. The van der Waals surface area contributed by atoms with Crippen molar-refractivity contribution in [2.24, 2.45) is 0 Å². The van der Waals surface area contributed by atoms with Crippen LogP contribution in [-0.4, -0.2) is 20.8 Å². The number of benzene rings is 2. The fourth-order valence-corrected chi connectivity index (χ4v) is 2.43. The number of ether oxygens (including phenoxy) is 3. The predicted molar refractivity (Wildman–Crippen MR) is 84.9 cm³/mol. The van der Waals surface area contributed by atoms with E-state index in [-0.39, 0.29) is 5.38 Å². The monoisotopic (exact) mass is 306 g/mol. The van der Waals surface area contributed by atoms with Crippen LogP contribution in [0.1, 0.15) is 23.4 Å². The number of hydrogen-bond acceptors (Lipinski definition) is 3. The van der Waals surface area contributed by atoms with Crippen LogP contribution in [0.3, 0.4) is 0 Å². The van der Waals surface area contributed by atoms with Gasteiger partial charge in [0, 0.05) is 5.56 Å². The molecule has 0 radical (unpaired) electrons. The zero-order valence-corrected chi connectivity index (χ0v) is 13.2. The van der Waals surface area contributed by atoms with Crippen LogP contribution in [-0.2, 0) is 0 Å². The molecule has 2 aromatic rings. The highest BCUT2D eigenvalue weighted by molar-refractivity contribution is 6.22. The average Bonchev–Trinajstić information content (AvgIpc) is 2.54. The van der Waals surface area contributed by atoms with Gasteiger partial charge in [-0.2, -0.15) is 0 Å². The summed E-state index contributed by atoms with van der Waals surface area (Å²) in [4.78, 5) is 0. The van der Waals surface area contributed by atoms with Crippen LogP contribution in [0.25, 0.3) is 0 Å². The molecule has 0 heterocycles. The van der Waals surface area contributed by atoms with Gasteiger partial charge in [0.2, 0.25) is 0 Å². The third kappa shape index (κ3) is 3.61. The zero-order valence-electron chi connectivity index (χ0n) is 12.4. The summed E-state index contributed by atoms with van der Waals surface area (Å²) in [6, 6.07) is 13.4. The molecule has 0 saturated heterocycles. The van der Waals surface area contributed by atoms with Crippen LogP contribution in [0, 0.1) is 0 Å². The van der Waals surface area contributed by atoms with E-state index < -0.39 is 0 Å². The molecule has 0 fully saturated rings. The highest BCUT2D eigenvalue weighted by Crippen LogP contribution is 2.37. The van der Waals surface area contributed by atoms with Crippen molar-refractivity contribution < 1.29 is 14.2 Å². The number of methoxy groups -OCH3 is 2. The van der Waals surface area contributed by atoms with Gasteiger partial charge in [0.25, 0.3) is 0 Å². The van der Waals surface area contributed by atoms with Gasteiger partial charge in [0.05, 0.1) is 26.2 Å². The van der Waals surface area contributed by atoms with Gasteiger partial charge in [0.15, 0.2) is 0 Å². The first-order valence-corrected chi connectivity index (χ1v) is 7.22. The van der Waals surface area contributed by atoms with E-state index in [0.717, 1.165) is 28.4 Å². The molecular weight excluding hydrogens is 288 g/mol. The Morgan fingerprint density at radius 2 is 1.62 bits per heavy atom. The van der Waals surface area contributed by atoms with Gasteiger partial charge in [-0.15, -0.1) is 11.6 Å². The first-order valence-electron chi connectivity index (χ1n) is 6.78. The lowest BCUT2D eigenvalue weighted by atomic mass is 10.0. The maximum absolute atomic E-state index is 6.60. The predicted octanol–water partition coefficient (Wildman–Crippen LogP) is 4.43. The van der Waals surface area contributed by atoms with E-state index in [1.165, 1.54) is 0 Å². The molecule has 1 unspecified atom stereocenters. The first kappa shape index (κ1) is 15.5. The largest absolute Gasteiger partial charge is 0.497 e. The Balaban J connectivity index is 2.31. The number of alkyl halides is 1. The summed E-state index contributed by atoms with van der Waals surface area (Å²) in [7, 11) is 3.26. The summed E-state index contributed by atoms with van der Waals surface area (Å²) < 4.78 is 16.1. The second kappa shape index (κ2) is 7.23. The van der Waals surface area contributed by atoms with E-state index in [1.54, 1.807) is 14.2 Å². The molecule has 0 saturated carbocycles. The van der Waals surface area contributed by atoms with Gasteiger partial charge in [0.1, 0.15) is 17.2 Å². The summed E-state index contributed by atoms with van der Waals surface area (Å²) in [5, 5.41) is -0.314. The lowest BCUT2D eigenvalue weighted by Crippen LogP contribution is -1.99. The fourth-order valence-electron chi connectivity index (χ4n) is 2.12. The van der Waals surface area contributed by atoms with Crippen LogP contribution < -0.4 is 14.2 Å². The molecule has 0 amide bonds. The van der Waals surface area contributed by atoms with Crippen LogP contribution >= 0.6 is 11.6 Å². The Bertz CT molecular complexity index is 581. The topological polar surface area (TPSA) is 27.7 Å². The summed E-state index contributed by atoms with van der Waals surface area (Å²) in [5.74, 6) is 2.33. The van der Waals surface area contributed by atoms with E-state index in [9.17, 15) is 0 Å². The molecule has 0 N–H and O–H groups in total. The lowest BCUT2D eigenvalue weighted by Gasteiger charge is -2.16. The summed E-state index contributed by atoms with van der Waals surface area (Å²) >= 11 is 6.60. The Labute approximate surface area is 130 Å². The minimum atomic E-state index is -0.314. The molecule has 2 aromatic carbocycles. The van der Waals surface area contributed by atoms with E-state index >= 15 is 0 Å². The minimum Gasteiger partial charge on any atom is -0.497 e. The molecule has 3 nitrogen and oxygen atoms in total. The normalized spacial score (nSPS) is 11.8. The van der Waals surface area contributed by atoms with Crippen LogP contribution in [0.2, 0.25) is 0 Å². The lowest BCUT2D eigenvalue weighted by molar-refractivity contribution is 0.340. The fraction of sp³-hybridized carbons (Fsp3) is 0.294. The summed E-state index contributed by atoms with van der Waals surface area (Å²) in [6.45, 7) is 2.60. The van der Waals surface area contributed by atoms with Crippen molar-refractivity contribution >= 4 is 11.6 Å². The van der Waals surface area contributed by atoms with Crippen molar-refractivity contribution in [3.8, 4) is 17.2 Å². The van der Waals surface area contributed by atoms with Gasteiger partial charge in [-0.3, -0.25) is 0 Å². The Kier molecular flexibility index (Phi) is 5.34. The molecule has 0 bridgehead atoms. The Hall–Kier alpha value is -1.87. The molecule has 112 valence electrons. The number of halogens is 1. The molecular formula is C17H19ClO3. The van der Waals surface area contributed by atoms with E-state index in [4.69, 9.17) is 25.8 Å². The van der Waals surface area contributed by atoms with Gasteiger partial charge in [-0.05, 0) is 42.8 Å². The molecule has 1 atom stereocenters. The zero-order chi connectivity index (χ0) is 15.2. The Morgan fingerprint density at radius 1 is 0.952 bits per heavy atom. The van der Waals surface area contributed by atoms with Crippen molar-refractivity contribution in [1.29, 1.82) is 0 Å². The van der Waals surface area contributed by atoms with Gasteiger partial charge in [-0.25, -0.2) is 0 Å². The number of rotatable bonds is 6. The molecule has 0 aliphatic heterocycles. The third-order valence-corrected chi connectivity index (χ3v) is 3.68. The SMILES string of the molecule is CCOc1ccc(C(Cl)c2cc(OC)ccc2OC)cc1. The van der Waals surface area contributed by atoms with E-state index in [1.807, 2.05) is 49.4 Å². The van der Waals surface area contributed by atoms with Crippen LogP contribution in [0.5, 0.6) is 17.2 Å². The van der Waals surface area contributed by atoms with E-state index in [0.29, 0.717) is 6.61 Å². The standard InChI is InChI=1S/C17H19ClO3/c1-4-21-13-7-5-12(6-8-13)17(18)15-11-14(19-2)9-10-16(15)20-3/h5-11,17H,4H2,1-3H3. The summed E-state index contributed by atoms with van der Waals surface area (Å²) in [5.41, 5.74) is 1.86. The second-order valence-corrected chi connectivity index (χ2v) is 4.91. The van der Waals surface area contributed by atoms with Gasteiger partial charge < -0.3 is 14.2 Å². The molecule has 21 heavy (non-hydrogen) atoms.